The van der Waals surface area contributed by atoms with E-state index in [1.807, 2.05) is 12.4 Å². The van der Waals surface area contributed by atoms with Crippen molar-refractivity contribution >= 4 is 17.1 Å². The largest absolute Gasteiger partial charge is 0.310 e. The smallest absolute Gasteiger partial charge is 0.0754 e. The molecular formula is C42H28N2. The van der Waals surface area contributed by atoms with E-state index < -0.39 is 5.41 Å². The molecular weight excluding hydrogens is 532 g/mol. The number of hydrogen-bond donors (Lipinski definition) is 0. The van der Waals surface area contributed by atoms with Crippen LogP contribution in [0.2, 0.25) is 0 Å². The van der Waals surface area contributed by atoms with Gasteiger partial charge in [0, 0.05) is 18.1 Å². The van der Waals surface area contributed by atoms with E-state index in [0.29, 0.717) is 0 Å². The Morgan fingerprint density at radius 3 is 1.61 bits per heavy atom. The SMILES string of the molecule is c1ccc(N2c3ccccc3C3(c4ccccc4-c4c(-c5ccc(-c6ccncc6)cc5)cccc43)c3ccccc32)cc1. The molecule has 1 aliphatic carbocycles. The van der Waals surface area contributed by atoms with Crippen LogP contribution in [0.15, 0.2) is 170 Å². The Kier molecular flexibility index (Phi) is 5.45. The Labute approximate surface area is 257 Å². The predicted octanol–water partition coefficient (Wildman–Crippen LogP) is 10.6. The molecule has 2 heteroatoms. The number of hydrogen-bond acceptors (Lipinski definition) is 2. The monoisotopic (exact) mass is 560 g/mol. The molecule has 0 amide bonds. The van der Waals surface area contributed by atoms with Gasteiger partial charge >= 0.3 is 0 Å². The molecule has 6 aromatic carbocycles. The first-order chi connectivity index (χ1) is 21.9. The van der Waals surface area contributed by atoms with Crippen LogP contribution in [0.4, 0.5) is 17.1 Å². The Morgan fingerprint density at radius 1 is 0.386 bits per heavy atom. The predicted molar refractivity (Wildman–Crippen MR) is 181 cm³/mol. The van der Waals surface area contributed by atoms with E-state index >= 15 is 0 Å². The molecule has 0 bridgehead atoms. The lowest BCUT2D eigenvalue weighted by Crippen LogP contribution is -2.36. The van der Waals surface area contributed by atoms with E-state index in [1.54, 1.807) is 0 Å². The molecule has 2 nitrogen and oxygen atoms in total. The lowest BCUT2D eigenvalue weighted by molar-refractivity contribution is 0.753. The van der Waals surface area contributed by atoms with Crippen molar-refractivity contribution in [3.8, 4) is 33.4 Å². The van der Waals surface area contributed by atoms with Crippen molar-refractivity contribution in [3.05, 3.63) is 192 Å². The summed E-state index contributed by atoms with van der Waals surface area (Å²) in [5.41, 5.74) is 15.9. The molecule has 0 N–H and O–H groups in total. The Bertz CT molecular complexity index is 2120. The molecule has 206 valence electrons. The second-order valence-corrected chi connectivity index (χ2v) is 11.5. The number of aromatic nitrogens is 1. The summed E-state index contributed by atoms with van der Waals surface area (Å²) in [6.07, 6.45) is 3.70. The van der Waals surface area contributed by atoms with E-state index in [1.165, 1.54) is 67.0 Å². The molecule has 0 atom stereocenters. The third-order valence-corrected chi connectivity index (χ3v) is 9.39. The average Bonchev–Trinajstić information content (AvgIpc) is 3.40. The van der Waals surface area contributed by atoms with Crippen molar-refractivity contribution in [2.45, 2.75) is 5.41 Å². The molecule has 0 unspecified atom stereocenters. The first-order valence-corrected chi connectivity index (χ1v) is 15.1. The second kappa shape index (κ2) is 9.65. The fourth-order valence-corrected chi connectivity index (χ4v) is 7.64. The molecule has 7 aromatic rings. The van der Waals surface area contributed by atoms with Crippen molar-refractivity contribution in [3.63, 3.8) is 0 Å². The van der Waals surface area contributed by atoms with Crippen molar-refractivity contribution in [2.75, 3.05) is 4.90 Å². The minimum absolute atomic E-state index is 0.447. The summed E-state index contributed by atoms with van der Waals surface area (Å²) in [7, 11) is 0. The van der Waals surface area contributed by atoms with Gasteiger partial charge in [0.25, 0.3) is 0 Å². The molecule has 0 radical (unpaired) electrons. The van der Waals surface area contributed by atoms with Gasteiger partial charge in [0.05, 0.1) is 16.8 Å². The van der Waals surface area contributed by atoms with Crippen molar-refractivity contribution in [1.82, 2.24) is 4.98 Å². The molecule has 2 aliphatic rings. The average molecular weight is 561 g/mol. The van der Waals surface area contributed by atoms with Gasteiger partial charge in [-0.2, -0.15) is 0 Å². The highest BCUT2D eigenvalue weighted by Gasteiger charge is 2.52. The molecule has 0 fully saturated rings. The van der Waals surface area contributed by atoms with Gasteiger partial charge in [-0.3, -0.25) is 4.98 Å². The summed E-state index contributed by atoms with van der Waals surface area (Å²) in [5.74, 6) is 0. The Morgan fingerprint density at radius 2 is 0.909 bits per heavy atom. The van der Waals surface area contributed by atoms with Crippen molar-refractivity contribution in [2.24, 2.45) is 0 Å². The highest BCUT2D eigenvalue weighted by atomic mass is 15.2. The van der Waals surface area contributed by atoms with Crippen LogP contribution in [0.3, 0.4) is 0 Å². The van der Waals surface area contributed by atoms with Gasteiger partial charge in [-0.15, -0.1) is 0 Å². The van der Waals surface area contributed by atoms with Gasteiger partial charge in [-0.1, -0.05) is 121 Å². The minimum Gasteiger partial charge on any atom is -0.310 e. The molecule has 9 rings (SSSR count). The van der Waals surface area contributed by atoms with Crippen LogP contribution in [-0.2, 0) is 5.41 Å². The van der Waals surface area contributed by atoms with Crippen LogP contribution in [0, 0.1) is 0 Å². The van der Waals surface area contributed by atoms with Gasteiger partial charge in [-0.05, 0) is 92.0 Å². The first-order valence-electron chi connectivity index (χ1n) is 15.1. The second-order valence-electron chi connectivity index (χ2n) is 11.5. The standard InChI is InChI=1S/C42H28N2/c1-2-11-32(12-3-1)44-39-19-8-6-16-36(39)42(37-17-7-9-20-40(37)44)35-15-5-4-13-34(35)41-33(14-10-18-38(41)42)31-23-21-29(22-24-31)30-25-27-43-28-26-30/h1-28H. The van der Waals surface area contributed by atoms with Crippen LogP contribution in [0.1, 0.15) is 22.3 Å². The maximum Gasteiger partial charge on any atom is 0.0754 e. The van der Waals surface area contributed by atoms with E-state index in [2.05, 4.69) is 168 Å². The zero-order chi connectivity index (χ0) is 29.1. The van der Waals surface area contributed by atoms with Crippen LogP contribution in [0.5, 0.6) is 0 Å². The quantitative estimate of drug-likeness (QED) is 0.214. The summed E-state index contributed by atoms with van der Waals surface area (Å²) in [6.45, 7) is 0. The Hall–Kier alpha value is -5.73. The lowest BCUT2D eigenvalue weighted by atomic mass is 9.64. The summed E-state index contributed by atoms with van der Waals surface area (Å²) in [5, 5.41) is 0. The van der Waals surface area contributed by atoms with Gasteiger partial charge in [-0.25, -0.2) is 0 Å². The molecule has 44 heavy (non-hydrogen) atoms. The molecule has 2 heterocycles. The third kappa shape index (κ3) is 3.40. The summed E-state index contributed by atoms with van der Waals surface area (Å²) in [4.78, 5) is 6.62. The number of nitrogens with zero attached hydrogens (tertiary/aromatic N) is 2. The summed E-state index contributed by atoms with van der Waals surface area (Å²) in [6, 6.07) is 57.7. The molecule has 1 spiro atoms. The van der Waals surface area contributed by atoms with E-state index in [-0.39, 0.29) is 0 Å². The zero-order valence-corrected chi connectivity index (χ0v) is 24.1. The third-order valence-electron chi connectivity index (χ3n) is 9.39. The van der Waals surface area contributed by atoms with Gasteiger partial charge < -0.3 is 4.90 Å². The zero-order valence-electron chi connectivity index (χ0n) is 24.1. The molecule has 0 saturated carbocycles. The van der Waals surface area contributed by atoms with Crippen LogP contribution in [0.25, 0.3) is 33.4 Å². The molecule has 0 saturated heterocycles. The Balaban J connectivity index is 1.33. The number of fused-ring (bicyclic) bond motifs is 9. The van der Waals surface area contributed by atoms with Crippen molar-refractivity contribution < 1.29 is 0 Å². The first kappa shape index (κ1) is 24.8. The van der Waals surface area contributed by atoms with E-state index in [0.717, 1.165) is 5.69 Å². The van der Waals surface area contributed by atoms with Crippen LogP contribution >= 0.6 is 0 Å². The lowest BCUT2D eigenvalue weighted by Gasteiger charge is -2.45. The summed E-state index contributed by atoms with van der Waals surface area (Å²) >= 11 is 0. The maximum absolute atomic E-state index is 4.19. The highest BCUT2D eigenvalue weighted by Crippen LogP contribution is 2.64. The van der Waals surface area contributed by atoms with Gasteiger partial charge in [0.2, 0.25) is 0 Å². The number of pyridine rings is 1. The molecule has 1 aromatic heterocycles. The number of rotatable bonds is 3. The molecule has 1 aliphatic heterocycles. The summed E-state index contributed by atoms with van der Waals surface area (Å²) < 4.78 is 0. The topological polar surface area (TPSA) is 16.1 Å². The van der Waals surface area contributed by atoms with Crippen LogP contribution < -0.4 is 4.90 Å². The minimum atomic E-state index is -0.447. The number of anilines is 3. The fraction of sp³-hybridized carbons (Fsp3) is 0.0238. The van der Waals surface area contributed by atoms with Gasteiger partial charge in [0.1, 0.15) is 0 Å². The van der Waals surface area contributed by atoms with E-state index in [4.69, 9.17) is 0 Å². The maximum atomic E-state index is 4.19. The number of para-hydroxylation sites is 3. The number of benzene rings is 6. The van der Waals surface area contributed by atoms with Crippen molar-refractivity contribution in [1.29, 1.82) is 0 Å². The van der Waals surface area contributed by atoms with E-state index in [9.17, 15) is 0 Å². The highest BCUT2D eigenvalue weighted by molar-refractivity contribution is 6.00. The fourth-order valence-electron chi connectivity index (χ4n) is 7.64. The van der Waals surface area contributed by atoms with Crippen LogP contribution in [-0.4, -0.2) is 4.98 Å². The normalized spacial score (nSPS) is 13.6. The van der Waals surface area contributed by atoms with Gasteiger partial charge in [0.15, 0.2) is 0 Å².